The molecule has 0 saturated carbocycles. The third-order valence-corrected chi connectivity index (χ3v) is 3.44. The zero-order chi connectivity index (χ0) is 12.4. The molecule has 1 aliphatic rings. The van der Waals surface area contributed by atoms with Gasteiger partial charge in [-0.2, -0.15) is 5.10 Å². The van der Waals surface area contributed by atoms with Gasteiger partial charge in [-0.25, -0.2) is 0 Å². The van der Waals surface area contributed by atoms with Crippen LogP contribution in [0.1, 0.15) is 22.9 Å². The molecule has 0 fully saturated rings. The highest BCUT2D eigenvalue weighted by molar-refractivity contribution is 5.30. The fourth-order valence-electron chi connectivity index (χ4n) is 2.48. The van der Waals surface area contributed by atoms with Gasteiger partial charge in [-0.1, -0.05) is 24.3 Å². The molecule has 0 amide bonds. The molecule has 0 aliphatic carbocycles. The Morgan fingerprint density at radius 2 is 2.22 bits per heavy atom. The van der Waals surface area contributed by atoms with Crippen molar-refractivity contribution in [2.24, 2.45) is 5.73 Å². The third kappa shape index (κ3) is 2.05. The summed E-state index contributed by atoms with van der Waals surface area (Å²) in [5.74, 6) is 0. The molecule has 0 saturated heterocycles. The molecule has 2 N–H and O–H groups in total. The van der Waals surface area contributed by atoms with Gasteiger partial charge in [-0.05, 0) is 23.6 Å². The Hall–Kier alpha value is -1.65. The van der Waals surface area contributed by atoms with Crippen LogP contribution in [0.15, 0.2) is 36.5 Å². The molecule has 1 aromatic heterocycles. The summed E-state index contributed by atoms with van der Waals surface area (Å²) in [5, 5.41) is 4.31. The standard InChI is InChI=1S/C14H17N3O/c15-9-12-5-7-16-17(12)10-14-13-4-2-1-3-11(13)6-8-18-14/h1-5,7,14H,6,8-10,15H2. The van der Waals surface area contributed by atoms with E-state index in [9.17, 15) is 0 Å². The summed E-state index contributed by atoms with van der Waals surface area (Å²) < 4.78 is 7.81. The maximum absolute atomic E-state index is 5.88. The highest BCUT2D eigenvalue weighted by Crippen LogP contribution is 2.28. The first kappa shape index (κ1) is 11.4. The summed E-state index contributed by atoms with van der Waals surface area (Å²) in [5.41, 5.74) is 9.40. The lowest BCUT2D eigenvalue weighted by Gasteiger charge is -2.26. The summed E-state index contributed by atoms with van der Waals surface area (Å²) in [6.07, 6.45) is 2.87. The molecule has 18 heavy (non-hydrogen) atoms. The lowest BCUT2D eigenvalue weighted by Crippen LogP contribution is -2.22. The summed E-state index contributed by atoms with van der Waals surface area (Å²) in [6.45, 7) is 2.02. The SMILES string of the molecule is NCc1ccnn1CC1OCCc2ccccc21. The molecule has 3 rings (SSSR count). The molecule has 1 aromatic carbocycles. The number of hydrogen-bond donors (Lipinski definition) is 1. The summed E-state index contributed by atoms with van der Waals surface area (Å²) >= 11 is 0. The minimum absolute atomic E-state index is 0.0835. The van der Waals surface area contributed by atoms with Crippen molar-refractivity contribution < 1.29 is 4.74 Å². The first-order valence-corrected chi connectivity index (χ1v) is 6.28. The maximum atomic E-state index is 5.88. The van der Waals surface area contributed by atoms with E-state index in [0.29, 0.717) is 6.54 Å². The number of nitrogens with two attached hydrogens (primary N) is 1. The maximum Gasteiger partial charge on any atom is 0.102 e. The largest absolute Gasteiger partial charge is 0.371 e. The highest BCUT2D eigenvalue weighted by Gasteiger charge is 2.21. The molecule has 4 nitrogen and oxygen atoms in total. The number of benzene rings is 1. The van der Waals surface area contributed by atoms with Crippen LogP contribution in [0.4, 0.5) is 0 Å². The van der Waals surface area contributed by atoms with Gasteiger partial charge in [0.25, 0.3) is 0 Å². The average Bonchev–Trinajstić information content (AvgIpc) is 2.86. The second-order valence-corrected chi connectivity index (χ2v) is 4.52. The van der Waals surface area contributed by atoms with Crippen LogP contribution in [-0.2, 0) is 24.2 Å². The number of nitrogens with zero attached hydrogens (tertiary/aromatic N) is 2. The van der Waals surface area contributed by atoms with Gasteiger partial charge in [-0.15, -0.1) is 0 Å². The molecule has 1 aliphatic heterocycles. The quantitative estimate of drug-likeness (QED) is 0.892. The minimum Gasteiger partial charge on any atom is -0.371 e. The van der Waals surface area contributed by atoms with Gasteiger partial charge in [-0.3, -0.25) is 4.68 Å². The minimum atomic E-state index is 0.0835. The normalized spacial score (nSPS) is 18.6. The van der Waals surface area contributed by atoms with E-state index in [4.69, 9.17) is 10.5 Å². The fourth-order valence-corrected chi connectivity index (χ4v) is 2.48. The smallest absolute Gasteiger partial charge is 0.102 e. The first-order valence-electron chi connectivity index (χ1n) is 6.28. The summed E-state index contributed by atoms with van der Waals surface area (Å²) in [7, 11) is 0. The monoisotopic (exact) mass is 243 g/mol. The van der Waals surface area contributed by atoms with Crippen LogP contribution >= 0.6 is 0 Å². The fraction of sp³-hybridized carbons (Fsp3) is 0.357. The Kier molecular flexibility index (Phi) is 3.13. The van der Waals surface area contributed by atoms with E-state index >= 15 is 0 Å². The van der Waals surface area contributed by atoms with Gasteiger partial charge < -0.3 is 10.5 Å². The lowest BCUT2D eigenvalue weighted by molar-refractivity contribution is 0.0277. The van der Waals surface area contributed by atoms with Gasteiger partial charge in [0.2, 0.25) is 0 Å². The molecule has 0 bridgehead atoms. The molecule has 1 atom stereocenters. The van der Waals surface area contributed by atoms with Crippen molar-refractivity contribution >= 4 is 0 Å². The number of aromatic nitrogens is 2. The number of rotatable bonds is 3. The van der Waals surface area contributed by atoms with E-state index in [1.54, 1.807) is 6.20 Å². The van der Waals surface area contributed by atoms with Crippen molar-refractivity contribution in [1.29, 1.82) is 0 Å². The van der Waals surface area contributed by atoms with Gasteiger partial charge in [0, 0.05) is 12.7 Å². The van der Waals surface area contributed by atoms with Crippen molar-refractivity contribution in [3.63, 3.8) is 0 Å². The van der Waals surface area contributed by atoms with E-state index in [-0.39, 0.29) is 6.10 Å². The Morgan fingerprint density at radius 3 is 3.11 bits per heavy atom. The van der Waals surface area contributed by atoms with E-state index in [1.165, 1.54) is 11.1 Å². The van der Waals surface area contributed by atoms with E-state index in [0.717, 1.165) is 25.3 Å². The highest BCUT2D eigenvalue weighted by atomic mass is 16.5. The zero-order valence-electron chi connectivity index (χ0n) is 10.2. The number of fused-ring (bicyclic) bond motifs is 1. The zero-order valence-corrected chi connectivity index (χ0v) is 10.2. The number of hydrogen-bond acceptors (Lipinski definition) is 3. The van der Waals surface area contributed by atoms with E-state index in [1.807, 2.05) is 10.7 Å². The topological polar surface area (TPSA) is 53.1 Å². The van der Waals surface area contributed by atoms with Crippen LogP contribution in [0.25, 0.3) is 0 Å². The van der Waals surface area contributed by atoms with Crippen molar-refractivity contribution in [3.05, 3.63) is 53.3 Å². The predicted octanol–water partition coefficient (Wildman–Crippen LogP) is 1.66. The van der Waals surface area contributed by atoms with Gasteiger partial charge in [0.1, 0.15) is 6.10 Å². The van der Waals surface area contributed by atoms with E-state index in [2.05, 4.69) is 29.4 Å². The second-order valence-electron chi connectivity index (χ2n) is 4.52. The van der Waals surface area contributed by atoms with Crippen LogP contribution in [0, 0.1) is 0 Å². The summed E-state index contributed by atoms with van der Waals surface area (Å²) in [6, 6.07) is 10.4. The van der Waals surface area contributed by atoms with Crippen LogP contribution in [0.5, 0.6) is 0 Å². The molecule has 2 aromatic rings. The summed E-state index contributed by atoms with van der Waals surface area (Å²) in [4.78, 5) is 0. The molecule has 0 spiro atoms. The molecule has 0 radical (unpaired) electrons. The average molecular weight is 243 g/mol. The van der Waals surface area contributed by atoms with Crippen molar-refractivity contribution in [2.45, 2.75) is 25.6 Å². The third-order valence-electron chi connectivity index (χ3n) is 3.44. The molecule has 94 valence electrons. The Morgan fingerprint density at radius 1 is 1.33 bits per heavy atom. The van der Waals surface area contributed by atoms with Gasteiger partial charge in [0.05, 0.1) is 18.8 Å². The van der Waals surface area contributed by atoms with E-state index < -0.39 is 0 Å². The van der Waals surface area contributed by atoms with Crippen LogP contribution in [-0.4, -0.2) is 16.4 Å². The van der Waals surface area contributed by atoms with Crippen molar-refractivity contribution in [1.82, 2.24) is 9.78 Å². The molecule has 2 heterocycles. The van der Waals surface area contributed by atoms with Crippen LogP contribution in [0.3, 0.4) is 0 Å². The van der Waals surface area contributed by atoms with Crippen LogP contribution < -0.4 is 5.73 Å². The van der Waals surface area contributed by atoms with Gasteiger partial charge >= 0.3 is 0 Å². The Bertz CT molecular complexity index is 535. The lowest BCUT2D eigenvalue weighted by atomic mass is 9.97. The molecular formula is C14H17N3O. The Balaban J connectivity index is 1.86. The van der Waals surface area contributed by atoms with Crippen LogP contribution in [0.2, 0.25) is 0 Å². The van der Waals surface area contributed by atoms with Gasteiger partial charge in [0.15, 0.2) is 0 Å². The van der Waals surface area contributed by atoms with Crippen molar-refractivity contribution in [3.8, 4) is 0 Å². The first-order chi connectivity index (χ1) is 8.88. The molecular weight excluding hydrogens is 226 g/mol. The molecule has 1 unspecified atom stereocenters. The number of ether oxygens (including phenoxy) is 1. The predicted molar refractivity (Wildman–Crippen MR) is 69.0 cm³/mol. The van der Waals surface area contributed by atoms with Crippen molar-refractivity contribution in [2.75, 3.05) is 6.61 Å². The molecule has 4 heteroatoms. The Labute approximate surface area is 106 Å². The second kappa shape index (κ2) is 4.92.